The first-order valence-corrected chi connectivity index (χ1v) is 7.00. The van der Waals surface area contributed by atoms with Gasteiger partial charge in [-0.05, 0) is 25.5 Å². The first-order chi connectivity index (χ1) is 10.4. The summed E-state index contributed by atoms with van der Waals surface area (Å²) in [5, 5.41) is 4.97. The number of primary amides is 1. The molecule has 0 aliphatic carbocycles. The minimum atomic E-state index is -0.702. The Hall–Kier alpha value is -2.34. The molecule has 0 aliphatic heterocycles. The summed E-state index contributed by atoms with van der Waals surface area (Å²) in [6.07, 6.45) is 0. The van der Waals surface area contributed by atoms with Crippen molar-refractivity contribution in [1.29, 1.82) is 0 Å². The van der Waals surface area contributed by atoms with Gasteiger partial charge in [0.1, 0.15) is 5.56 Å². The molecule has 0 fully saturated rings. The maximum absolute atomic E-state index is 12.0. The van der Waals surface area contributed by atoms with Gasteiger partial charge >= 0.3 is 5.97 Å². The van der Waals surface area contributed by atoms with Gasteiger partial charge in [0.2, 0.25) is 0 Å². The Labute approximate surface area is 132 Å². The van der Waals surface area contributed by atoms with Crippen molar-refractivity contribution in [2.45, 2.75) is 20.4 Å². The molecule has 0 radical (unpaired) electrons. The Bertz CT molecular complexity index is 725. The molecule has 0 unspecified atom stereocenters. The monoisotopic (exact) mass is 321 g/mol. The number of ether oxygens (including phenoxy) is 1. The van der Waals surface area contributed by atoms with Gasteiger partial charge in [0, 0.05) is 5.02 Å². The average Bonchev–Trinajstić information content (AvgIpc) is 2.73. The molecule has 1 amide bonds. The minimum Gasteiger partial charge on any atom is -0.452 e. The molecule has 0 atom stereocenters. The molecule has 6 nitrogen and oxygen atoms in total. The van der Waals surface area contributed by atoms with Crippen LogP contribution in [0.4, 0.5) is 0 Å². The summed E-state index contributed by atoms with van der Waals surface area (Å²) >= 11 is 6.14. The fourth-order valence-electron chi connectivity index (χ4n) is 2.14. The Kier molecular flexibility index (Phi) is 4.82. The molecule has 1 aromatic carbocycles. The van der Waals surface area contributed by atoms with Gasteiger partial charge in [-0.3, -0.25) is 9.48 Å². The number of aryl methyl sites for hydroxylation is 1. The van der Waals surface area contributed by atoms with E-state index >= 15 is 0 Å². The lowest BCUT2D eigenvalue weighted by Gasteiger charge is -2.07. The Morgan fingerprint density at radius 1 is 1.32 bits per heavy atom. The van der Waals surface area contributed by atoms with E-state index in [0.717, 1.165) is 5.56 Å². The van der Waals surface area contributed by atoms with Crippen LogP contribution in [0.25, 0.3) is 0 Å². The first-order valence-electron chi connectivity index (χ1n) is 6.63. The zero-order valence-electron chi connectivity index (χ0n) is 12.3. The third-order valence-corrected chi connectivity index (χ3v) is 3.58. The highest BCUT2D eigenvalue weighted by molar-refractivity contribution is 6.31. The minimum absolute atomic E-state index is 0.341. The fraction of sp³-hybridized carbons (Fsp3) is 0.267. The lowest BCUT2D eigenvalue weighted by atomic mass is 10.2. The molecule has 2 N–H and O–H groups in total. The average molecular weight is 322 g/mol. The summed E-state index contributed by atoms with van der Waals surface area (Å²) in [5.74, 6) is -1.31. The maximum Gasteiger partial charge on any atom is 0.342 e. The molecule has 1 aromatic heterocycles. The van der Waals surface area contributed by atoms with Crippen molar-refractivity contribution in [2.24, 2.45) is 5.73 Å². The molecule has 2 rings (SSSR count). The number of esters is 1. The van der Waals surface area contributed by atoms with E-state index in [1.54, 1.807) is 24.6 Å². The second kappa shape index (κ2) is 6.62. The number of rotatable bonds is 5. The third-order valence-electron chi connectivity index (χ3n) is 3.21. The van der Waals surface area contributed by atoms with Gasteiger partial charge in [0.25, 0.3) is 5.91 Å². The molecular weight excluding hydrogens is 306 g/mol. The van der Waals surface area contributed by atoms with Crippen molar-refractivity contribution >= 4 is 23.5 Å². The van der Waals surface area contributed by atoms with Crippen LogP contribution in [0.1, 0.15) is 27.3 Å². The zero-order valence-corrected chi connectivity index (χ0v) is 13.1. The van der Waals surface area contributed by atoms with Crippen molar-refractivity contribution in [3.05, 3.63) is 51.8 Å². The molecule has 0 saturated heterocycles. The van der Waals surface area contributed by atoms with Crippen molar-refractivity contribution < 1.29 is 14.3 Å². The molecule has 22 heavy (non-hydrogen) atoms. The van der Waals surface area contributed by atoms with Gasteiger partial charge in [-0.1, -0.05) is 29.8 Å². The predicted octanol–water partition coefficient (Wildman–Crippen LogP) is 1.84. The smallest absolute Gasteiger partial charge is 0.342 e. The third kappa shape index (κ3) is 3.46. The highest BCUT2D eigenvalue weighted by Gasteiger charge is 2.20. The number of aromatic nitrogens is 2. The quantitative estimate of drug-likeness (QED) is 0.851. The Morgan fingerprint density at radius 2 is 2.00 bits per heavy atom. The number of nitrogens with two attached hydrogens (primary N) is 1. The second-order valence-electron chi connectivity index (χ2n) is 4.84. The van der Waals surface area contributed by atoms with Crippen molar-refractivity contribution in [3.8, 4) is 0 Å². The number of halogens is 1. The van der Waals surface area contributed by atoms with E-state index in [1.165, 1.54) is 0 Å². The van der Waals surface area contributed by atoms with Gasteiger partial charge in [-0.25, -0.2) is 4.79 Å². The van der Waals surface area contributed by atoms with Gasteiger partial charge in [0.05, 0.1) is 17.9 Å². The molecule has 1 heterocycles. The molecule has 0 saturated carbocycles. The van der Waals surface area contributed by atoms with Crippen LogP contribution in [0, 0.1) is 13.8 Å². The number of carbonyl (C=O) groups is 2. The molecule has 116 valence electrons. The Balaban J connectivity index is 2.25. The highest BCUT2D eigenvalue weighted by atomic mass is 35.5. The van der Waals surface area contributed by atoms with E-state index < -0.39 is 18.5 Å². The standard InChI is InChI=1S/C15H16ClN3O3/c1-9-14(15(21)22-8-13(17)20)10(2)19(18-9)7-11-5-3-4-6-12(11)16/h3-6H,7-8H2,1-2H3,(H2,17,20). The van der Waals surface area contributed by atoms with E-state index in [4.69, 9.17) is 22.1 Å². The van der Waals surface area contributed by atoms with E-state index in [-0.39, 0.29) is 0 Å². The number of amides is 1. The summed E-state index contributed by atoms with van der Waals surface area (Å²) in [4.78, 5) is 22.7. The highest BCUT2D eigenvalue weighted by Crippen LogP contribution is 2.20. The van der Waals surface area contributed by atoms with E-state index in [1.807, 2.05) is 18.2 Å². The number of nitrogens with zero attached hydrogens (tertiary/aromatic N) is 2. The lowest BCUT2D eigenvalue weighted by Crippen LogP contribution is -2.21. The first kappa shape index (κ1) is 16.0. The molecule has 2 aromatic rings. The Morgan fingerprint density at radius 3 is 2.64 bits per heavy atom. The van der Waals surface area contributed by atoms with Crippen LogP contribution in [0.3, 0.4) is 0 Å². The zero-order chi connectivity index (χ0) is 16.3. The molecule has 0 bridgehead atoms. The van der Waals surface area contributed by atoms with Crippen LogP contribution in [-0.4, -0.2) is 28.3 Å². The van der Waals surface area contributed by atoms with Crippen LogP contribution < -0.4 is 5.73 Å². The van der Waals surface area contributed by atoms with Crippen LogP contribution in [0.2, 0.25) is 5.02 Å². The fourth-order valence-corrected chi connectivity index (χ4v) is 2.34. The summed E-state index contributed by atoms with van der Waals surface area (Å²) in [7, 11) is 0. The van der Waals surface area contributed by atoms with E-state index in [9.17, 15) is 9.59 Å². The summed E-state index contributed by atoms with van der Waals surface area (Å²) in [5.41, 5.74) is 7.38. The molecular formula is C15H16ClN3O3. The number of carbonyl (C=O) groups excluding carboxylic acids is 2. The largest absolute Gasteiger partial charge is 0.452 e. The van der Waals surface area contributed by atoms with E-state index in [2.05, 4.69) is 5.10 Å². The van der Waals surface area contributed by atoms with E-state index in [0.29, 0.717) is 28.5 Å². The number of benzene rings is 1. The van der Waals surface area contributed by atoms with Gasteiger partial charge in [0.15, 0.2) is 6.61 Å². The topological polar surface area (TPSA) is 87.2 Å². The molecule has 0 aliphatic rings. The van der Waals surface area contributed by atoms with Crippen LogP contribution in [0.15, 0.2) is 24.3 Å². The molecule has 0 spiro atoms. The van der Waals surface area contributed by atoms with Crippen LogP contribution in [-0.2, 0) is 16.1 Å². The van der Waals surface area contributed by atoms with Crippen LogP contribution in [0.5, 0.6) is 0 Å². The van der Waals surface area contributed by atoms with Crippen LogP contribution >= 0.6 is 11.6 Å². The van der Waals surface area contributed by atoms with Crippen molar-refractivity contribution in [2.75, 3.05) is 6.61 Å². The van der Waals surface area contributed by atoms with Crippen molar-refractivity contribution in [1.82, 2.24) is 9.78 Å². The lowest BCUT2D eigenvalue weighted by molar-refractivity contribution is -0.121. The maximum atomic E-state index is 12.0. The van der Waals surface area contributed by atoms with Gasteiger partial charge in [-0.2, -0.15) is 5.10 Å². The van der Waals surface area contributed by atoms with Gasteiger partial charge < -0.3 is 10.5 Å². The predicted molar refractivity (Wildman–Crippen MR) is 81.7 cm³/mol. The number of hydrogen-bond acceptors (Lipinski definition) is 4. The normalized spacial score (nSPS) is 10.5. The summed E-state index contributed by atoms with van der Waals surface area (Å²) in [6.45, 7) is 3.46. The second-order valence-corrected chi connectivity index (χ2v) is 5.24. The molecule has 7 heteroatoms. The van der Waals surface area contributed by atoms with Crippen molar-refractivity contribution in [3.63, 3.8) is 0 Å². The number of hydrogen-bond donors (Lipinski definition) is 1. The van der Waals surface area contributed by atoms with Gasteiger partial charge in [-0.15, -0.1) is 0 Å². The summed E-state index contributed by atoms with van der Waals surface area (Å²) < 4.78 is 6.52. The SMILES string of the molecule is Cc1nn(Cc2ccccc2Cl)c(C)c1C(=O)OCC(N)=O. The summed E-state index contributed by atoms with van der Waals surface area (Å²) in [6, 6.07) is 7.42.